The van der Waals surface area contributed by atoms with E-state index in [2.05, 4.69) is 17.6 Å². The fraction of sp³-hybridized carbons (Fsp3) is 0.412. The quantitative estimate of drug-likeness (QED) is 0.209. The predicted octanol–water partition coefficient (Wildman–Crippen LogP) is 6.29. The van der Waals surface area contributed by atoms with Crippen LogP contribution in [0, 0.1) is 5.92 Å². The minimum absolute atomic E-state index is 0.0608. The summed E-state index contributed by atoms with van der Waals surface area (Å²) in [5.41, 5.74) is 2.01. The van der Waals surface area contributed by atoms with Gasteiger partial charge in [0.15, 0.2) is 5.75 Å². The van der Waals surface area contributed by atoms with Crippen LogP contribution in [0.1, 0.15) is 59.7 Å². The average molecular weight is 608 g/mol. The van der Waals surface area contributed by atoms with Gasteiger partial charge in [-0.05, 0) is 80.6 Å². The normalized spacial score (nSPS) is 16.3. The molecule has 1 heterocycles. The number of rotatable bonds is 12. The van der Waals surface area contributed by atoms with Gasteiger partial charge in [0.25, 0.3) is 5.91 Å². The molecule has 0 saturated carbocycles. The fourth-order valence-electron chi connectivity index (χ4n) is 5.78. The van der Waals surface area contributed by atoms with Crippen molar-refractivity contribution in [3.63, 3.8) is 0 Å². The molecule has 3 N–H and O–H groups in total. The van der Waals surface area contributed by atoms with E-state index in [9.17, 15) is 14.7 Å². The maximum atomic E-state index is 13.6. The zero-order chi connectivity index (χ0) is 30.8. The molecule has 1 saturated heterocycles. The topological polar surface area (TPSA) is 100 Å². The van der Waals surface area contributed by atoms with Crippen LogP contribution in [0.15, 0.2) is 66.7 Å². The largest absolute Gasteiger partial charge is 0.455 e. The number of hydrogen-bond donors (Lipinski definition) is 3. The van der Waals surface area contributed by atoms with Crippen molar-refractivity contribution in [2.75, 3.05) is 33.8 Å². The van der Waals surface area contributed by atoms with Gasteiger partial charge in [-0.25, -0.2) is 4.79 Å². The molecule has 2 amide bonds. The number of alkyl carbamates (subject to hydrolysis) is 1. The summed E-state index contributed by atoms with van der Waals surface area (Å²) in [6.45, 7) is 4.10. The number of amides is 2. The summed E-state index contributed by atoms with van der Waals surface area (Å²) in [6.07, 6.45) is 2.57. The number of para-hydroxylation sites is 1. The van der Waals surface area contributed by atoms with E-state index in [-0.39, 0.29) is 11.8 Å². The van der Waals surface area contributed by atoms with Crippen molar-refractivity contribution in [2.24, 2.45) is 5.92 Å². The lowest BCUT2D eigenvalue weighted by atomic mass is 9.73. The number of nitrogens with one attached hydrogen (secondary N) is 2. The second kappa shape index (κ2) is 15.2. The number of methoxy groups -OCH3 is 1. The Bertz CT molecular complexity index is 1380. The number of piperidine rings is 1. The Labute approximate surface area is 259 Å². The molecule has 8 nitrogen and oxygen atoms in total. The summed E-state index contributed by atoms with van der Waals surface area (Å²) in [5.74, 6) is 0.666. The average Bonchev–Trinajstić information content (AvgIpc) is 3.04. The summed E-state index contributed by atoms with van der Waals surface area (Å²) >= 11 is 6.74. The molecule has 0 aliphatic carbocycles. The minimum Gasteiger partial charge on any atom is -0.455 e. The number of halogens is 1. The third-order valence-electron chi connectivity index (χ3n) is 8.12. The van der Waals surface area contributed by atoms with Crippen LogP contribution in [-0.4, -0.2) is 55.8 Å². The van der Waals surface area contributed by atoms with Crippen LogP contribution in [0.25, 0.3) is 0 Å². The molecule has 2 atom stereocenters. The van der Waals surface area contributed by atoms with Gasteiger partial charge in [-0.3, -0.25) is 4.79 Å². The molecule has 0 bridgehead atoms. The lowest BCUT2D eigenvalue weighted by molar-refractivity contribution is -0.0578. The van der Waals surface area contributed by atoms with E-state index in [1.165, 1.54) is 7.11 Å². The zero-order valence-corrected chi connectivity index (χ0v) is 26.0. The molecule has 3 aromatic carbocycles. The van der Waals surface area contributed by atoms with Crippen LogP contribution in [0.3, 0.4) is 0 Å². The summed E-state index contributed by atoms with van der Waals surface area (Å²) < 4.78 is 11.1. The lowest BCUT2D eigenvalue weighted by Crippen LogP contribution is -2.48. The van der Waals surface area contributed by atoms with E-state index >= 15 is 0 Å². The van der Waals surface area contributed by atoms with Gasteiger partial charge >= 0.3 is 6.09 Å². The molecule has 1 aliphatic heterocycles. The Balaban J connectivity index is 1.65. The van der Waals surface area contributed by atoms with E-state index in [1.54, 1.807) is 6.07 Å². The summed E-state index contributed by atoms with van der Waals surface area (Å²) in [6, 6.07) is 20.8. The zero-order valence-electron chi connectivity index (χ0n) is 25.2. The number of nitrogens with zero attached hydrogens (tertiary/aromatic N) is 1. The molecule has 0 radical (unpaired) electrons. The number of carbonyl (C=O) groups is 2. The van der Waals surface area contributed by atoms with Gasteiger partial charge < -0.3 is 30.1 Å². The van der Waals surface area contributed by atoms with E-state index in [0.29, 0.717) is 66.5 Å². The van der Waals surface area contributed by atoms with Crippen molar-refractivity contribution >= 4 is 23.6 Å². The van der Waals surface area contributed by atoms with E-state index in [4.69, 9.17) is 21.1 Å². The summed E-state index contributed by atoms with van der Waals surface area (Å²) in [5, 5.41) is 18.9. The molecule has 0 spiro atoms. The molecular formula is C34H42ClN3O5. The highest BCUT2D eigenvalue weighted by Crippen LogP contribution is 2.46. The number of hydrogen-bond acceptors (Lipinski definition) is 6. The van der Waals surface area contributed by atoms with Crippen molar-refractivity contribution in [3.05, 3.63) is 94.0 Å². The van der Waals surface area contributed by atoms with Crippen LogP contribution in [-0.2, 0) is 23.3 Å². The van der Waals surface area contributed by atoms with Gasteiger partial charge in [0, 0.05) is 43.2 Å². The van der Waals surface area contributed by atoms with Crippen LogP contribution in [0.2, 0.25) is 5.02 Å². The first-order valence-corrected chi connectivity index (χ1v) is 15.3. The highest BCUT2D eigenvalue weighted by atomic mass is 35.5. The van der Waals surface area contributed by atoms with E-state index in [0.717, 1.165) is 30.5 Å². The number of benzene rings is 3. The lowest BCUT2D eigenvalue weighted by Gasteiger charge is -2.43. The Morgan fingerprint density at radius 3 is 2.58 bits per heavy atom. The number of aliphatic hydroxyl groups is 1. The van der Waals surface area contributed by atoms with Gasteiger partial charge in [0.2, 0.25) is 0 Å². The van der Waals surface area contributed by atoms with Crippen molar-refractivity contribution in [1.29, 1.82) is 0 Å². The van der Waals surface area contributed by atoms with Crippen LogP contribution in [0.4, 0.5) is 4.79 Å². The fourth-order valence-corrected chi connectivity index (χ4v) is 6.00. The number of likely N-dealkylation sites (tertiary alicyclic amines) is 1. The highest BCUT2D eigenvalue weighted by Gasteiger charge is 2.43. The number of ether oxygens (including phenoxy) is 2. The molecule has 43 heavy (non-hydrogen) atoms. The smallest absolute Gasteiger partial charge is 0.406 e. The third kappa shape index (κ3) is 8.07. The van der Waals surface area contributed by atoms with Crippen molar-refractivity contribution in [1.82, 2.24) is 15.5 Å². The maximum absolute atomic E-state index is 13.6. The molecule has 230 valence electrons. The van der Waals surface area contributed by atoms with Gasteiger partial charge in [-0.15, -0.1) is 0 Å². The molecule has 3 aromatic rings. The van der Waals surface area contributed by atoms with Gasteiger partial charge in [-0.1, -0.05) is 54.9 Å². The van der Waals surface area contributed by atoms with Crippen LogP contribution < -0.4 is 15.4 Å². The first-order chi connectivity index (χ1) is 20.8. The Kier molecular flexibility index (Phi) is 11.4. The first kappa shape index (κ1) is 32.3. The number of carbonyl (C=O) groups excluding carboxylic acids is 2. The molecule has 4 rings (SSSR count). The third-order valence-corrected chi connectivity index (χ3v) is 8.41. The summed E-state index contributed by atoms with van der Waals surface area (Å²) in [4.78, 5) is 27.1. The Morgan fingerprint density at radius 1 is 1.09 bits per heavy atom. The summed E-state index contributed by atoms with van der Waals surface area (Å²) in [7, 11) is 3.20. The molecule has 1 aliphatic rings. The molecule has 0 aromatic heterocycles. The van der Waals surface area contributed by atoms with Crippen LogP contribution >= 0.6 is 11.6 Å². The first-order valence-electron chi connectivity index (χ1n) is 14.9. The van der Waals surface area contributed by atoms with Gasteiger partial charge in [0.1, 0.15) is 5.75 Å². The Hall–Kier alpha value is -3.59. The monoisotopic (exact) mass is 607 g/mol. The van der Waals surface area contributed by atoms with E-state index in [1.807, 2.05) is 72.6 Å². The van der Waals surface area contributed by atoms with E-state index < -0.39 is 11.7 Å². The minimum atomic E-state index is -1.39. The van der Waals surface area contributed by atoms with Crippen molar-refractivity contribution in [3.8, 4) is 11.5 Å². The SMILES string of the molecule is CCc1cccc(Oc2c(Cl)cccc2C(O)(CCCNC(=O)OC)C2CCCN(C(=O)c3ccc(CNC)cc3)C2)c1. The van der Waals surface area contributed by atoms with Gasteiger partial charge in [0.05, 0.1) is 17.7 Å². The second-order valence-electron chi connectivity index (χ2n) is 11.0. The molecule has 2 unspecified atom stereocenters. The Morgan fingerprint density at radius 2 is 1.86 bits per heavy atom. The molecule has 9 heteroatoms. The van der Waals surface area contributed by atoms with Crippen LogP contribution in [0.5, 0.6) is 11.5 Å². The van der Waals surface area contributed by atoms with Crippen molar-refractivity contribution in [2.45, 2.75) is 51.2 Å². The molecule has 1 fully saturated rings. The standard InChI is InChI=1S/C34H42ClN3O5/c1-4-24-9-5-11-28(21-24)43-31-29(12-6-13-30(31)35)34(41,18-8-19-37-33(40)42-3)27-10-7-20-38(23-27)32(39)26-16-14-25(15-17-26)22-36-2/h5-6,9,11-17,21,27,36,41H,4,7-8,10,18-20,22-23H2,1-3H3,(H,37,40). The van der Waals surface area contributed by atoms with Crippen molar-refractivity contribution < 1.29 is 24.2 Å². The molecular weight excluding hydrogens is 566 g/mol. The number of aryl methyl sites for hydroxylation is 1. The highest BCUT2D eigenvalue weighted by molar-refractivity contribution is 6.32. The predicted molar refractivity (Wildman–Crippen MR) is 169 cm³/mol. The second-order valence-corrected chi connectivity index (χ2v) is 11.4. The maximum Gasteiger partial charge on any atom is 0.406 e. The van der Waals surface area contributed by atoms with Gasteiger partial charge in [-0.2, -0.15) is 0 Å².